The van der Waals surface area contributed by atoms with Gasteiger partial charge in [0.1, 0.15) is 17.2 Å². The summed E-state index contributed by atoms with van der Waals surface area (Å²) < 4.78 is 19.1. The molecule has 0 aliphatic heterocycles. The zero-order valence-electron chi connectivity index (χ0n) is 13.2. The van der Waals surface area contributed by atoms with Crippen molar-refractivity contribution >= 4 is 17.0 Å². The van der Waals surface area contributed by atoms with Crippen LogP contribution in [0, 0.1) is 12.7 Å². The van der Waals surface area contributed by atoms with Crippen LogP contribution < -0.4 is 5.32 Å². The third kappa shape index (κ3) is 3.39. The normalized spacial score (nSPS) is 13.9. The maximum atomic E-state index is 13.3. The minimum atomic E-state index is -0.595. The number of aliphatic hydroxyl groups is 1. The minimum Gasteiger partial charge on any atom is -0.459 e. The number of hydrogen-bond donors (Lipinski definition) is 2. The van der Waals surface area contributed by atoms with E-state index in [1.54, 1.807) is 27.0 Å². The molecular formula is C16H21FN2O3. The number of amides is 2. The van der Waals surface area contributed by atoms with Gasteiger partial charge in [0.2, 0.25) is 0 Å². The van der Waals surface area contributed by atoms with E-state index in [-0.39, 0.29) is 24.4 Å². The highest BCUT2D eigenvalue weighted by atomic mass is 19.1. The van der Waals surface area contributed by atoms with Gasteiger partial charge >= 0.3 is 6.03 Å². The molecule has 1 aromatic heterocycles. The molecule has 1 heterocycles. The molecule has 2 amide bonds. The van der Waals surface area contributed by atoms with E-state index in [1.807, 2.05) is 6.92 Å². The van der Waals surface area contributed by atoms with Crippen LogP contribution in [-0.2, 0) is 0 Å². The molecular weight excluding hydrogens is 287 g/mol. The molecule has 0 saturated heterocycles. The quantitative estimate of drug-likeness (QED) is 0.912. The topological polar surface area (TPSA) is 65.7 Å². The van der Waals surface area contributed by atoms with Crippen molar-refractivity contribution in [3.8, 4) is 0 Å². The number of likely N-dealkylation sites (N-methyl/N-ethyl adjacent to an activating group) is 1. The highest BCUT2D eigenvalue weighted by molar-refractivity contribution is 5.82. The summed E-state index contributed by atoms with van der Waals surface area (Å²) in [6.07, 6.45) is -0.595. The molecule has 2 unspecified atom stereocenters. The van der Waals surface area contributed by atoms with Crippen molar-refractivity contribution in [3.05, 3.63) is 35.3 Å². The molecule has 0 spiro atoms. The first-order valence-corrected chi connectivity index (χ1v) is 7.17. The molecule has 0 aliphatic carbocycles. The van der Waals surface area contributed by atoms with Crippen molar-refractivity contribution in [2.24, 2.45) is 0 Å². The number of halogens is 1. The Labute approximate surface area is 128 Å². The fraction of sp³-hybridized carbons (Fsp3) is 0.438. The molecule has 0 aliphatic rings. The number of aliphatic hydroxyl groups excluding tert-OH is 1. The summed E-state index contributed by atoms with van der Waals surface area (Å²) in [5, 5.41) is 12.8. The van der Waals surface area contributed by atoms with Crippen molar-refractivity contribution in [1.82, 2.24) is 10.2 Å². The fourth-order valence-electron chi connectivity index (χ4n) is 2.47. The number of hydrogen-bond acceptors (Lipinski definition) is 3. The van der Waals surface area contributed by atoms with Crippen LogP contribution in [0.25, 0.3) is 11.0 Å². The highest BCUT2D eigenvalue weighted by Gasteiger charge is 2.20. The maximum Gasteiger partial charge on any atom is 0.317 e. The number of benzene rings is 1. The van der Waals surface area contributed by atoms with Crippen LogP contribution in [0.2, 0.25) is 0 Å². The van der Waals surface area contributed by atoms with Crippen LogP contribution in [0.15, 0.2) is 22.6 Å². The average Bonchev–Trinajstić information content (AvgIpc) is 2.75. The second kappa shape index (κ2) is 6.36. The Bertz CT molecular complexity index is 681. The van der Waals surface area contributed by atoms with E-state index >= 15 is 0 Å². The van der Waals surface area contributed by atoms with Gasteiger partial charge in [0.25, 0.3) is 0 Å². The van der Waals surface area contributed by atoms with Gasteiger partial charge in [-0.1, -0.05) is 0 Å². The Morgan fingerprint density at radius 3 is 2.77 bits per heavy atom. The predicted octanol–water partition coefficient (Wildman–Crippen LogP) is 2.96. The van der Waals surface area contributed by atoms with Gasteiger partial charge in [-0.25, -0.2) is 9.18 Å². The Morgan fingerprint density at radius 1 is 1.45 bits per heavy atom. The number of aryl methyl sites for hydroxylation is 1. The molecule has 1 aromatic carbocycles. The number of urea groups is 1. The van der Waals surface area contributed by atoms with Crippen molar-refractivity contribution in [2.45, 2.75) is 32.9 Å². The van der Waals surface area contributed by atoms with E-state index in [0.717, 1.165) is 5.56 Å². The molecule has 5 nitrogen and oxygen atoms in total. The monoisotopic (exact) mass is 308 g/mol. The predicted molar refractivity (Wildman–Crippen MR) is 82.2 cm³/mol. The van der Waals surface area contributed by atoms with Crippen molar-refractivity contribution < 1.29 is 18.7 Å². The number of furan rings is 1. The molecule has 6 heteroatoms. The van der Waals surface area contributed by atoms with Gasteiger partial charge < -0.3 is 19.7 Å². The summed E-state index contributed by atoms with van der Waals surface area (Å²) >= 11 is 0. The SMILES string of the molecule is Cc1c(C(C)NC(=O)N(C)CC(C)O)oc2ccc(F)cc12. The molecule has 22 heavy (non-hydrogen) atoms. The smallest absolute Gasteiger partial charge is 0.317 e. The third-order valence-electron chi connectivity index (χ3n) is 3.55. The van der Waals surface area contributed by atoms with E-state index in [1.165, 1.54) is 17.0 Å². The average molecular weight is 308 g/mol. The van der Waals surface area contributed by atoms with Crippen LogP contribution >= 0.6 is 0 Å². The summed E-state index contributed by atoms with van der Waals surface area (Å²) in [5.74, 6) is 0.274. The minimum absolute atomic E-state index is 0.239. The summed E-state index contributed by atoms with van der Waals surface area (Å²) in [5.41, 5.74) is 1.40. The lowest BCUT2D eigenvalue weighted by Crippen LogP contribution is -2.41. The molecule has 0 radical (unpaired) electrons. The van der Waals surface area contributed by atoms with Gasteiger partial charge in [-0.05, 0) is 39.0 Å². The summed E-state index contributed by atoms with van der Waals surface area (Å²) in [7, 11) is 1.61. The number of nitrogens with one attached hydrogen (secondary N) is 1. The van der Waals surface area contributed by atoms with Gasteiger partial charge in [-0.3, -0.25) is 0 Å². The zero-order valence-corrected chi connectivity index (χ0v) is 13.2. The first-order chi connectivity index (χ1) is 10.3. The van der Waals surface area contributed by atoms with Gasteiger partial charge in [-0.2, -0.15) is 0 Å². The van der Waals surface area contributed by atoms with Crippen LogP contribution in [0.5, 0.6) is 0 Å². The summed E-state index contributed by atoms with van der Waals surface area (Å²) in [4.78, 5) is 13.4. The number of fused-ring (bicyclic) bond motifs is 1. The molecule has 2 aromatic rings. The molecule has 2 atom stereocenters. The molecule has 0 bridgehead atoms. The van der Waals surface area contributed by atoms with E-state index < -0.39 is 6.10 Å². The lowest BCUT2D eigenvalue weighted by Gasteiger charge is -2.21. The second-order valence-electron chi connectivity index (χ2n) is 5.63. The molecule has 120 valence electrons. The fourth-order valence-corrected chi connectivity index (χ4v) is 2.47. The lowest BCUT2D eigenvalue weighted by atomic mass is 10.1. The molecule has 2 rings (SSSR count). The first-order valence-electron chi connectivity index (χ1n) is 7.17. The summed E-state index contributed by atoms with van der Waals surface area (Å²) in [6, 6.07) is 3.68. The molecule has 0 fully saturated rings. The van der Waals surface area contributed by atoms with Crippen molar-refractivity contribution in [3.63, 3.8) is 0 Å². The Morgan fingerprint density at radius 2 is 2.14 bits per heavy atom. The Hall–Kier alpha value is -2.08. The van der Waals surface area contributed by atoms with Gasteiger partial charge in [0.15, 0.2) is 0 Å². The maximum absolute atomic E-state index is 13.3. The third-order valence-corrected chi connectivity index (χ3v) is 3.55. The lowest BCUT2D eigenvalue weighted by molar-refractivity contribution is 0.142. The van der Waals surface area contributed by atoms with Crippen molar-refractivity contribution in [1.29, 1.82) is 0 Å². The van der Waals surface area contributed by atoms with Crippen LogP contribution in [-0.4, -0.2) is 35.7 Å². The highest BCUT2D eigenvalue weighted by Crippen LogP contribution is 2.29. The van der Waals surface area contributed by atoms with Gasteiger partial charge in [0, 0.05) is 24.5 Å². The standard InChI is InChI=1S/C16H21FN2O3/c1-9(20)8-19(4)16(21)18-11(3)15-10(2)13-7-12(17)5-6-14(13)22-15/h5-7,9,11,20H,8H2,1-4H3,(H,18,21). The number of carbonyl (C=O) groups excluding carboxylic acids is 1. The van der Waals surface area contributed by atoms with E-state index in [9.17, 15) is 14.3 Å². The zero-order chi connectivity index (χ0) is 16.4. The Balaban J connectivity index is 2.17. The number of carbonyl (C=O) groups is 1. The van der Waals surface area contributed by atoms with Crippen LogP contribution in [0.1, 0.15) is 31.2 Å². The largest absolute Gasteiger partial charge is 0.459 e. The van der Waals surface area contributed by atoms with Gasteiger partial charge in [-0.15, -0.1) is 0 Å². The Kier molecular flexibility index (Phi) is 4.71. The molecule has 0 saturated carbocycles. The second-order valence-corrected chi connectivity index (χ2v) is 5.63. The summed E-state index contributed by atoms with van der Waals surface area (Å²) in [6.45, 7) is 5.49. The van der Waals surface area contributed by atoms with Crippen LogP contribution in [0.3, 0.4) is 0 Å². The van der Waals surface area contributed by atoms with Crippen LogP contribution in [0.4, 0.5) is 9.18 Å². The van der Waals surface area contributed by atoms with E-state index in [0.29, 0.717) is 16.7 Å². The molecule has 2 N–H and O–H groups in total. The van der Waals surface area contributed by atoms with Gasteiger partial charge in [0.05, 0.1) is 12.1 Å². The number of rotatable bonds is 4. The first kappa shape index (κ1) is 16.3. The van der Waals surface area contributed by atoms with Crippen molar-refractivity contribution in [2.75, 3.05) is 13.6 Å². The van der Waals surface area contributed by atoms with E-state index in [2.05, 4.69) is 5.32 Å². The number of nitrogens with zero attached hydrogens (tertiary/aromatic N) is 1. The van der Waals surface area contributed by atoms with E-state index in [4.69, 9.17) is 4.42 Å².